The summed E-state index contributed by atoms with van der Waals surface area (Å²) in [5, 5.41) is 2.90. The number of likely N-dealkylation sites (tertiary alicyclic amines) is 1. The highest BCUT2D eigenvalue weighted by Crippen LogP contribution is 2.35. The molecule has 1 aromatic rings. The molecule has 1 N–H and O–H groups in total. The molecule has 0 radical (unpaired) electrons. The molecule has 3 fully saturated rings. The molecular formula is C18H27N5O3S. The molecule has 3 aliphatic rings. The highest BCUT2D eigenvalue weighted by molar-refractivity contribution is 7.91. The number of anilines is 1. The Morgan fingerprint density at radius 2 is 1.85 bits per heavy atom. The van der Waals surface area contributed by atoms with E-state index in [1.165, 1.54) is 12.8 Å². The van der Waals surface area contributed by atoms with Crippen LogP contribution in [0.25, 0.3) is 0 Å². The van der Waals surface area contributed by atoms with Gasteiger partial charge in [0.1, 0.15) is 12.1 Å². The van der Waals surface area contributed by atoms with Gasteiger partial charge in [-0.15, -0.1) is 0 Å². The van der Waals surface area contributed by atoms with Crippen LogP contribution in [-0.4, -0.2) is 72.0 Å². The number of aromatic nitrogens is 2. The second-order valence-electron chi connectivity index (χ2n) is 7.92. The van der Waals surface area contributed by atoms with Crippen LogP contribution in [-0.2, 0) is 9.84 Å². The Morgan fingerprint density at radius 1 is 1.15 bits per heavy atom. The molecule has 4 rings (SSSR count). The van der Waals surface area contributed by atoms with E-state index in [2.05, 4.69) is 20.2 Å². The van der Waals surface area contributed by atoms with Gasteiger partial charge in [0.05, 0.1) is 11.5 Å². The number of hydrogen-bond donors (Lipinski definition) is 1. The predicted molar refractivity (Wildman–Crippen MR) is 102 cm³/mol. The highest BCUT2D eigenvalue weighted by atomic mass is 32.2. The maximum atomic E-state index is 12.5. The molecule has 2 amide bonds. The minimum atomic E-state index is -2.98. The Morgan fingerprint density at radius 3 is 2.44 bits per heavy atom. The van der Waals surface area contributed by atoms with Crippen LogP contribution in [0.5, 0.6) is 0 Å². The molecule has 1 saturated carbocycles. The molecular weight excluding hydrogens is 366 g/mol. The van der Waals surface area contributed by atoms with Crippen molar-refractivity contribution in [2.24, 2.45) is 0 Å². The van der Waals surface area contributed by atoms with Crippen molar-refractivity contribution >= 4 is 21.7 Å². The molecule has 1 aromatic heterocycles. The summed E-state index contributed by atoms with van der Waals surface area (Å²) in [6.45, 7) is 3.35. The first-order chi connectivity index (χ1) is 12.9. The predicted octanol–water partition coefficient (Wildman–Crippen LogP) is 1.11. The number of nitrogens with zero attached hydrogens (tertiary/aromatic N) is 4. The van der Waals surface area contributed by atoms with Gasteiger partial charge in [0.25, 0.3) is 0 Å². The topological polar surface area (TPSA) is 95.5 Å². The molecule has 2 aliphatic heterocycles. The molecule has 8 nitrogen and oxygen atoms in total. The number of rotatable bonds is 4. The van der Waals surface area contributed by atoms with E-state index < -0.39 is 9.84 Å². The fourth-order valence-corrected chi connectivity index (χ4v) is 5.80. The quantitative estimate of drug-likeness (QED) is 0.823. The van der Waals surface area contributed by atoms with E-state index in [1.807, 2.05) is 17.9 Å². The number of piperidine rings is 1. The van der Waals surface area contributed by atoms with E-state index in [4.69, 9.17) is 0 Å². The third-order valence-corrected chi connectivity index (χ3v) is 7.47. The normalized spacial score (nSPS) is 25.4. The van der Waals surface area contributed by atoms with Crippen molar-refractivity contribution in [1.29, 1.82) is 0 Å². The minimum Gasteiger partial charge on any atom is -0.350 e. The summed E-state index contributed by atoms with van der Waals surface area (Å²) in [5.41, 5.74) is 0.967. The maximum Gasteiger partial charge on any atom is 0.317 e. The fraction of sp³-hybridized carbons (Fsp3) is 0.722. The Kier molecular flexibility index (Phi) is 4.96. The Bertz CT molecular complexity index is 803. The molecule has 0 spiro atoms. The van der Waals surface area contributed by atoms with Gasteiger partial charge in [-0.25, -0.2) is 23.2 Å². The molecule has 0 aromatic carbocycles. The van der Waals surface area contributed by atoms with Gasteiger partial charge in [0.2, 0.25) is 0 Å². The summed E-state index contributed by atoms with van der Waals surface area (Å²) in [5.74, 6) is 1.23. The summed E-state index contributed by atoms with van der Waals surface area (Å²) in [6, 6.07) is 2.59. The fourth-order valence-electron chi connectivity index (χ4n) is 4.13. The average molecular weight is 394 g/mol. The third kappa shape index (κ3) is 4.34. The monoisotopic (exact) mass is 393 g/mol. The zero-order valence-corrected chi connectivity index (χ0v) is 16.5. The van der Waals surface area contributed by atoms with Gasteiger partial charge in [-0.05, 0) is 39.0 Å². The zero-order valence-electron chi connectivity index (χ0n) is 15.7. The second kappa shape index (κ2) is 7.26. The first-order valence-electron chi connectivity index (χ1n) is 9.74. The lowest BCUT2D eigenvalue weighted by Crippen LogP contribution is -2.52. The lowest BCUT2D eigenvalue weighted by atomic mass is 10.0. The van der Waals surface area contributed by atoms with Crippen LogP contribution < -0.4 is 10.2 Å². The highest BCUT2D eigenvalue weighted by Gasteiger charge is 2.37. The van der Waals surface area contributed by atoms with Crippen LogP contribution >= 0.6 is 0 Å². The van der Waals surface area contributed by atoms with E-state index in [-0.39, 0.29) is 23.6 Å². The van der Waals surface area contributed by atoms with Crippen molar-refractivity contribution in [3.8, 4) is 0 Å². The van der Waals surface area contributed by atoms with E-state index >= 15 is 0 Å². The Labute approximate surface area is 160 Å². The van der Waals surface area contributed by atoms with Gasteiger partial charge in [-0.1, -0.05) is 0 Å². The third-order valence-electron chi connectivity index (χ3n) is 5.70. The summed E-state index contributed by atoms with van der Waals surface area (Å²) in [7, 11) is -2.98. The van der Waals surface area contributed by atoms with Gasteiger partial charge in [0, 0.05) is 43.0 Å². The van der Waals surface area contributed by atoms with E-state index in [9.17, 15) is 13.2 Å². The van der Waals surface area contributed by atoms with E-state index in [0.717, 1.165) is 24.4 Å². The molecule has 9 heteroatoms. The first kappa shape index (κ1) is 18.5. The van der Waals surface area contributed by atoms with Crippen LogP contribution in [0.2, 0.25) is 0 Å². The van der Waals surface area contributed by atoms with Crippen molar-refractivity contribution in [1.82, 2.24) is 20.2 Å². The number of hydrogen-bond acceptors (Lipinski definition) is 6. The smallest absolute Gasteiger partial charge is 0.317 e. The van der Waals surface area contributed by atoms with Crippen LogP contribution in [0.1, 0.15) is 37.8 Å². The standard InChI is InChI=1S/C18H27N5O3S/c1-13-10-17(20-12-19-13)23(15-2-3-15)16-4-7-22(8-5-16)18(24)21-14-6-9-27(25,26)11-14/h10,12,14-16H,2-9,11H2,1H3,(H,21,24). The minimum absolute atomic E-state index is 0.0672. The summed E-state index contributed by atoms with van der Waals surface area (Å²) in [6.07, 6.45) is 6.33. The Balaban J connectivity index is 1.34. The number of carbonyl (C=O) groups excluding carboxylic acids is 1. The number of aryl methyl sites for hydroxylation is 1. The van der Waals surface area contributed by atoms with Crippen LogP contribution in [0.15, 0.2) is 12.4 Å². The SMILES string of the molecule is Cc1cc(N(C2CC2)C2CCN(C(=O)NC3CCS(=O)(=O)C3)CC2)ncn1. The number of amides is 2. The van der Waals surface area contributed by atoms with Crippen LogP contribution in [0.3, 0.4) is 0 Å². The maximum absolute atomic E-state index is 12.5. The number of carbonyl (C=O) groups is 1. The molecule has 1 aliphatic carbocycles. The van der Waals surface area contributed by atoms with Gasteiger partial charge >= 0.3 is 6.03 Å². The van der Waals surface area contributed by atoms with Gasteiger partial charge < -0.3 is 15.1 Å². The van der Waals surface area contributed by atoms with Crippen molar-refractivity contribution in [3.05, 3.63) is 18.1 Å². The first-order valence-corrected chi connectivity index (χ1v) is 11.6. The van der Waals surface area contributed by atoms with E-state index in [1.54, 1.807) is 6.33 Å². The lowest BCUT2D eigenvalue weighted by Gasteiger charge is -2.39. The summed E-state index contributed by atoms with van der Waals surface area (Å²) in [4.78, 5) is 25.4. The Hall–Kier alpha value is -1.90. The lowest BCUT2D eigenvalue weighted by molar-refractivity contribution is 0.177. The molecule has 2 saturated heterocycles. The second-order valence-corrected chi connectivity index (χ2v) is 10.2. The van der Waals surface area contributed by atoms with Crippen LogP contribution in [0, 0.1) is 6.92 Å². The molecule has 3 heterocycles. The molecule has 1 atom stereocenters. The number of nitrogens with one attached hydrogen (secondary N) is 1. The van der Waals surface area contributed by atoms with Crippen molar-refractivity contribution in [3.63, 3.8) is 0 Å². The molecule has 148 valence electrons. The van der Waals surface area contributed by atoms with Gasteiger partial charge in [-0.3, -0.25) is 0 Å². The summed E-state index contributed by atoms with van der Waals surface area (Å²) < 4.78 is 23.1. The average Bonchev–Trinajstić information content (AvgIpc) is 3.39. The molecule has 0 bridgehead atoms. The van der Waals surface area contributed by atoms with Crippen molar-refractivity contribution < 1.29 is 13.2 Å². The van der Waals surface area contributed by atoms with Crippen molar-refractivity contribution in [2.75, 3.05) is 29.5 Å². The van der Waals surface area contributed by atoms with Crippen LogP contribution in [0.4, 0.5) is 10.6 Å². The molecule has 1 unspecified atom stereocenters. The summed E-state index contributed by atoms with van der Waals surface area (Å²) >= 11 is 0. The van der Waals surface area contributed by atoms with E-state index in [0.29, 0.717) is 31.6 Å². The number of sulfone groups is 1. The molecule has 27 heavy (non-hydrogen) atoms. The zero-order chi connectivity index (χ0) is 19.0. The van der Waals surface area contributed by atoms with Gasteiger partial charge in [0.15, 0.2) is 9.84 Å². The van der Waals surface area contributed by atoms with Gasteiger partial charge in [-0.2, -0.15) is 0 Å². The number of urea groups is 1. The van der Waals surface area contributed by atoms with Crippen molar-refractivity contribution in [2.45, 2.75) is 57.2 Å². The largest absolute Gasteiger partial charge is 0.350 e.